The summed E-state index contributed by atoms with van der Waals surface area (Å²) in [6.45, 7) is 0. The molecule has 0 spiro atoms. The molecule has 7 nitrogen and oxygen atoms in total. The Morgan fingerprint density at radius 2 is 2.32 bits per heavy atom. The summed E-state index contributed by atoms with van der Waals surface area (Å²) in [6, 6.07) is 3.57. The Morgan fingerprint density at radius 1 is 1.42 bits per heavy atom. The molecular weight excluding hydrogens is 264 g/mol. The first-order chi connectivity index (χ1) is 9.25. The minimum Gasteiger partial charge on any atom is -0.281 e. The van der Waals surface area contributed by atoms with E-state index in [1.54, 1.807) is 24.0 Å². The topological polar surface area (TPSA) is 84.7 Å². The molecule has 19 heavy (non-hydrogen) atoms. The molecule has 8 heteroatoms. The fraction of sp³-hybridized carbons (Fsp3) is 0.0909. The summed E-state index contributed by atoms with van der Waals surface area (Å²) in [4.78, 5) is 20.6. The van der Waals surface area contributed by atoms with Crippen molar-refractivity contribution in [2.75, 3.05) is 5.43 Å². The number of aromatic nitrogens is 4. The fourth-order valence-electron chi connectivity index (χ4n) is 1.65. The van der Waals surface area contributed by atoms with Crippen molar-refractivity contribution < 1.29 is 4.79 Å². The van der Waals surface area contributed by atoms with Crippen molar-refractivity contribution in [2.45, 2.75) is 0 Å². The van der Waals surface area contributed by atoms with E-state index in [2.05, 4.69) is 25.9 Å². The largest absolute Gasteiger partial charge is 0.281 e. The van der Waals surface area contributed by atoms with Gasteiger partial charge in [-0.15, -0.1) is 11.3 Å². The van der Waals surface area contributed by atoms with Crippen LogP contribution in [-0.2, 0) is 7.05 Å². The first-order valence-corrected chi connectivity index (χ1v) is 6.36. The number of carbonyl (C=O) groups excluding carboxylic acids is 1. The van der Waals surface area contributed by atoms with Crippen LogP contribution in [0.3, 0.4) is 0 Å². The lowest BCUT2D eigenvalue weighted by Gasteiger charge is -2.06. The van der Waals surface area contributed by atoms with Gasteiger partial charge in [0.15, 0.2) is 11.5 Å². The van der Waals surface area contributed by atoms with E-state index in [-0.39, 0.29) is 5.91 Å². The summed E-state index contributed by atoms with van der Waals surface area (Å²) < 4.78 is 1.64. The van der Waals surface area contributed by atoms with E-state index in [1.165, 1.54) is 17.7 Å². The summed E-state index contributed by atoms with van der Waals surface area (Å²) in [5.74, 6) is 0.314. The molecule has 2 N–H and O–H groups in total. The molecule has 1 amide bonds. The standard InChI is InChI=1S/C11H10N6OS/c1-17-10-7(5-14-17)9(12-6-13-10)15-16-11(18)8-3-2-4-19-8/h2-6H,1H3,(H,16,18)(H,12,13,15). The molecule has 0 aromatic carbocycles. The van der Waals surface area contributed by atoms with Crippen LogP contribution in [0.15, 0.2) is 30.0 Å². The van der Waals surface area contributed by atoms with Crippen LogP contribution in [0.2, 0.25) is 0 Å². The highest BCUT2D eigenvalue weighted by molar-refractivity contribution is 7.12. The van der Waals surface area contributed by atoms with Gasteiger partial charge in [0.1, 0.15) is 6.33 Å². The first-order valence-electron chi connectivity index (χ1n) is 5.48. The smallest absolute Gasteiger partial charge is 0.279 e. The zero-order chi connectivity index (χ0) is 13.2. The maximum Gasteiger partial charge on any atom is 0.279 e. The minimum absolute atomic E-state index is 0.203. The molecule has 96 valence electrons. The zero-order valence-electron chi connectivity index (χ0n) is 9.99. The van der Waals surface area contributed by atoms with Gasteiger partial charge in [-0.05, 0) is 11.4 Å². The highest BCUT2D eigenvalue weighted by Crippen LogP contribution is 2.17. The molecule has 0 unspecified atom stereocenters. The van der Waals surface area contributed by atoms with Gasteiger partial charge in [0.25, 0.3) is 5.91 Å². The maximum atomic E-state index is 11.8. The Balaban J connectivity index is 1.81. The third kappa shape index (κ3) is 2.13. The van der Waals surface area contributed by atoms with E-state index in [9.17, 15) is 4.79 Å². The highest BCUT2D eigenvalue weighted by atomic mass is 32.1. The molecule has 3 aromatic heterocycles. The molecule has 0 bridgehead atoms. The lowest BCUT2D eigenvalue weighted by atomic mass is 10.4. The molecule has 0 saturated carbocycles. The molecular formula is C11H10N6OS. The monoisotopic (exact) mass is 274 g/mol. The Morgan fingerprint density at radius 3 is 3.11 bits per heavy atom. The SMILES string of the molecule is Cn1ncc2c(NNC(=O)c3cccs3)ncnc21. The number of nitrogens with zero attached hydrogens (tertiary/aromatic N) is 4. The number of nitrogens with one attached hydrogen (secondary N) is 2. The van der Waals surface area contributed by atoms with Crippen molar-refractivity contribution in [2.24, 2.45) is 7.05 Å². The third-order valence-corrected chi connectivity index (χ3v) is 3.44. The Hall–Kier alpha value is -2.48. The summed E-state index contributed by atoms with van der Waals surface area (Å²) in [7, 11) is 1.79. The number of hydrogen-bond acceptors (Lipinski definition) is 6. The van der Waals surface area contributed by atoms with Gasteiger partial charge in [-0.3, -0.25) is 20.3 Å². The number of rotatable bonds is 3. The third-order valence-electron chi connectivity index (χ3n) is 2.57. The predicted molar refractivity (Wildman–Crippen MR) is 71.7 cm³/mol. The van der Waals surface area contributed by atoms with Gasteiger partial charge in [-0.2, -0.15) is 5.10 Å². The Kier molecular flexibility index (Phi) is 2.84. The van der Waals surface area contributed by atoms with Gasteiger partial charge < -0.3 is 0 Å². The van der Waals surface area contributed by atoms with Gasteiger partial charge in [0.2, 0.25) is 0 Å². The average molecular weight is 274 g/mol. The summed E-state index contributed by atoms with van der Waals surface area (Å²) in [6.07, 6.45) is 3.07. The number of hydrazine groups is 1. The van der Waals surface area contributed by atoms with E-state index in [4.69, 9.17) is 0 Å². The molecule has 0 fully saturated rings. The van der Waals surface area contributed by atoms with Gasteiger partial charge in [0, 0.05) is 7.05 Å². The Labute approximate surface area is 112 Å². The zero-order valence-corrected chi connectivity index (χ0v) is 10.8. The van der Waals surface area contributed by atoms with Crippen LogP contribution in [0, 0.1) is 0 Å². The molecule has 3 aromatic rings. The number of fused-ring (bicyclic) bond motifs is 1. The van der Waals surface area contributed by atoms with Crippen LogP contribution in [0.25, 0.3) is 11.0 Å². The van der Waals surface area contributed by atoms with Gasteiger partial charge >= 0.3 is 0 Å². The fourth-order valence-corrected chi connectivity index (χ4v) is 2.27. The first kappa shape index (κ1) is 11.6. The molecule has 0 radical (unpaired) electrons. The van der Waals surface area contributed by atoms with E-state index >= 15 is 0 Å². The second kappa shape index (κ2) is 4.65. The van der Waals surface area contributed by atoms with Gasteiger partial charge in [-0.25, -0.2) is 9.97 Å². The molecule has 0 aliphatic rings. The van der Waals surface area contributed by atoms with Crippen LogP contribution < -0.4 is 10.9 Å². The van der Waals surface area contributed by atoms with E-state index in [0.717, 1.165) is 5.39 Å². The number of thiophene rings is 1. The van der Waals surface area contributed by atoms with E-state index < -0.39 is 0 Å². The lowest BCUT2D eigenvalue weighted by Crippen LogP contribution is -2.29. The average Bonchev–Trinajstić information content (AvgIpc) is 3.07. The van der Waals surface area contributed by atoms with Gasteiger partial charge in [-0.1, -0.05) is 6.07 Å². The van der Waals surface area contributed by atoms with Crippen LogP contribution in [0.5, 0.6) is 0 Å². The second-order valence-electron chi connectivity index (χ2n) is 3.78. The minimum atomic E-state index is -0.203. The highest BCUT2D eigenvalue weighted by Gasteiger charge is 2.09. The van der Waals surface area contributed by atoms with Crippen LogP contribution in [0.1, 0.15) is 9.67 Å². The van der Waals surface area contributed by atoms with Crippen LogP contribution >= 0.6 is 11.3 Å². The number of anilines is 1. The van der Waals surface area contributed by atoms with Crippen molar-refractivity contribution in [1.82, 2.24) is 25.2 Å². The normalized spacial score (nSPS) is 10.6. The van der Waals surface area contributed by atoms with Crippen molar-refractivity contribution in [3.63, 3.8) is 0 Å². The molecule has 3 rings (SSSR count). The van der Waals surface area contributed by atoms with Crippen molar-refractivity contribution in [3.8, 4) is 0 Å². The summed E-state index contributed by atoms with van der Waals surface area (Å²) in [5.41, 5.74) is 6.09. The molecule has 0 aliphatic heterocycles. The predicted octanol–water partition coefficient (Wildman–Crippen LogP) is 1.18. The molecule has 0 atom stereocenters. The number of amides is 1. The van der Waals surface area contributed by atoms with E-state index in [0.29, 0.717) is 16.3 Å². The van der Waals surface area contributed by atoms with Crippen molar-refractivity contribution in [3.05, 3.63) is 34.9 Å². The quantitative estimate of drug-likeness (QED) is 0.701. The molecule has 3 heterocycles. The molecule has 0 saturated heterocycles. The van der Waals surface area contributed by atoms with E-state index in [1.807, 2.05) is 11.4 Å². The number of hydrogen-bond donors (Lipinski definition) is 2. The van der Waals surface area contributed by atoms with Crippen LogP contribution in [-0.4, -0.2) is 25.7 Å². The Bertz CT molecular complexity index is 720. The van der Waals surface area contributed by atoms with Crippen molar-refractivity contribution in [1.29, 1.82) is 0 Å². The summed E-state index contributed by atoms with van der Waals surface area (Å²) in [5, 5.41) is 6.69. The summed E-state index contributed by atoms with van der Waals surface area (Å²) >= 11 is 1.37. The number of aryl methyl sites for hydroxylation is 1. The lowest BCUT2D eigenvalue weighted by molar-refractivity contribution is 0.0966. The second-order valence-corrected chi connectivity index (χ2v) is 4.73. The van der Waals surface area contributed by atoms with Gasteiger partial charge in [0.05, 0.1) is 16.5 Å². The van der Waals surface area contributed by atoms with Crippen molar-refractivity contribution >= 4 is 34.1 Å². The van der Waals surface area contributed by atoms with Crippen LogP contribution in [0.4, 0.5) is 5.82 Å². The molecule has 0 aliphatic carbocycles. The maximum absolute atomic E-state index is 11.8. The number of carbonyl (C=O) groups is 1.